The molecular formula is C20H19N3O2. The lowest BCUT2D eigenvalue weighted by molar-refractivity contribution is -0.119. The number of rotatable bonds is 3. The SMILES string of the molecule is O=C(Nc1ccccc1)[C@H]1CCCN1C(=O)c1ccc2cc[nH]c2c1. The van der Waals surface area contributed by atoms with Crippen molar-refractivity contribution in [2.75, 3.05) is 11.9 Å². The van der Waals surface area contributed by atoms with Gasteiger partial charge in [-0.05, 0) is 48.6 Å². The number of nitrogens with one attached hydrogen (secondary N) is 2. The predicted octanol–water partition coefficient (Wildman–Crippen LogP) is 3.41. The number of amides is 2. The van der Waals surface area contributed by atoms with Gasteiger partial charge in [-0.1, -0.05) is 24.3 Å². The summed E-state index contributed by atoms with van der Waals surface area (Å²) in [4.78, 5) is 30.3. The number of para-hydroxylation sites is 1. The van der Waals surface area contributed by atoms with E-state index in [1.807, 2.05) is 60.8 Å². The Balaban J connectivity index is 1.53. The highest BCUT2D eigenvalue weighted by atomic mass is 16.2. The molecule has 4 rings (SSSR count). The standard InChI is InChI=1S/C20H19N3O2/c24-19(22-16-5-2-1-3-6-16)18-7-4-12-23(18)20(25)15-9-8-14-10-11-21-17(14)13-15/h1-3,5-6,8-11,13,18,21H,4,7,12H2,(H,22,24)/t18-/m1/s1. The van der Waals surface area contributed by atoms with Crippen molar-refractivity contribution in [1.82, 2.24) is 9.88 Å². The molecule has 0 spiro atoms. The molecule has 0 bridgehead atoms. The van der Waals surface area contributed by atoms with Crippen LogP contribution < -0.4 is 5.32 Å². The molecule has 5 nitrogen and oxygen atoms in total. The number of likely N-dealkylation sites (tertiary alicyclic amines) is 1. The molecule has 0 aliphatic carbocycles. The number of aromatic nitrogens is 1. The quantitative estimate of drug-likeness (QED) is 0.771. The Labute approximate surface area is 145 Å². The number of nitrogens with zero attached hydrogens (tertiary/aromatic N) is 1. The maximum atomic E-state index is 12.9. The minimum atomic E-state index is -0.424. The Bertz CT molecular complexity index is 917. The van der Waals surface area contributed by atoms with E-state index in [-0.39, 0.29) is 11.8 Å². The van der Waals surface area contributed by atoms with E-state index in [4.69, 9.17) is 0 Å². The van der Waals surface area contributed by atoms with Crippen molar-refractivity contribution in [1.29, 1.82) is 0 Å². The Hall–Kier alpha value is -3.08. The lowest BCUT2D eigenvalue weighted by atomic mass is 10.1. The Morgan fingerprint density at radius 3 is 2.76 bits per heavy atom. The molecule has 5 heteroatoms. The predicted molar refractivity (Wildman–Crippen MR) is 97.4 cm³/mol. The van der Waals surface area contributed by atoms with Crippen LogP contribution in [-0.2, 0) is 4.79 Å². The molecule has 1 fully saturated rings. The van der Waals surface area contributed by atoms with Crippen LogP contribution in [0.1, 0.15) is 23.2 Å². The minimum absolute atomic E-state index is 0.0952. The maximum absolute atomic E-state index is 12.9. The average molecular weight is 333 g/mol. The molecule has 126 valence electrons. The molecule has 1 saturated heterocycles. The fraction of sp³-hybridized carbons (Fsp3) is 0.200. The number of H-pyrrole nitrogens is 1. The van der Waals surface area contributed by atoms with E-state index in [0.29, 0.717) is 18.5 Å². The highest BCUT2D eigenvalue weighted by Gasteiger charge is 2.34. The second-order valence-corrected chi connectivity index (χ2v) is 6.29. The summed E-state index contributed by atoms with van der Waals surface area (Å²) in [6.07, 6.45) is 3.38. The summed E-state index contributed by atoms with van der Waals surface area (Å²) in [5, 5.41) is 3.97. The van der Waals surface area contributed by atoms with Gasteiger partial charge in [0.05, 0.1) is 0 Å². The number of fused-ring (bicyclic) bond motifs is 1. The highest BCUT2D eigenvalue weighted by molar-refractivity contribution is 6.03. The van der Waals surface area contributed by atoms with Gasteiger partial charge in [-0.15, -0.1) is 0 Å². The molecule has 1 aliphatic heterocycles. The van der Waals surface area contributed by atoms with Crippen molar-refractivity contribution < 1.29 is 9.59 Å². The van der Waals surface area contributed by atoms with Gasteiger partial charge in [0.2, 0.25) is 5.91 Å². The minimum Gasteiger partial charge on any atom is -0.361 e. The fourth-order valence-electron chi connectivity index (χ4n) is 3.38. The molecule has 0 saturated carbocycles. The van der Waals surface area contributed by atoms with E-state index in [1.165, 1.54) is 0 Å². The van der Waals surface area contributed by atoms with Crippen molar-refractivity contribution in [2.24, 2.45) is 0 Å². The number of carbonyl (C=O) groups excluding carboxylic acids is 2. The van der Waals surface area contributed by atoms with Crippen LogP contribution in [0, 0.1) is 0 Å². The summed E-state index contributed by atoms with van der Waals surface area (Å²) in [6, 6.07) is 16.5. The van der Waals surface area contributed by atoms with Crippen LogP contribution in [0.3, 0.4) is 0 Å². The van der Waals surface area contributed by atoms with E-state index < -0.39 is 6.04 Å². The lowest BCUT2D eigenvalue weighted by Gasteiger charge is -2.24. The summed E-state index contributed by atoms with van der Waals surface area (Å²) in [5.74, 6) is -0.222. The number of benzene rings is 2. The van der Waals surface area contributed by atoms with E-state index in [9.17, 15) is 9.59 Å². The topological polar surface area (TPSA) is 65.2 Å². The van der Waals surface area contributed by atoms with Gasteiger partial charge in [0, 0.05) is 29.5 Å². The van der Waals surface area contributed by atoms with Crippen LogP contribution in [0.25, 0.3) is 10.9 Å². The van der Waals surface area contributed by atoms with Crippen molar-refractivity contribution in [3.63, 3.8) is 0 Å². The van der Waals surface area contributed by atoms with Crippen molar-refractivity contribution in [3.8, 4) is 0 Å². The molecule has 0 unspecified atom stereocenters. The first-order chi connectivity index (χ1) is 12.2. The molecule has 0 radical (unpaired) electrons. The fourth-order valence-corrected chi connectivity index (χ4v) is 3.38. The van der Waals surface area contributed by atoms with Crippen LogP contribution in [0.2, 0.25) is 0 Å². The zero-order valence-corrected chi connectivity index (χ0v) is 13.7. The number of aromatic amines is 1. The van der Waals surface area contributed by atoms with E-state index in [1.54, 1.807) is 4.90 Å². The largest absolute Gasteiger partial charge is 0.361 e. The van der Waals surface area contributed by atoms with Gasteiger partial charge in [-0.3, -0.25) is 9.59 Å². The van der Waals surface area contributed by atoms with Gasteiger partial charge < -0.3 is 15.2 Å². The van der Waals surface area contributed by atoms with Gasteiger partial charge in [0.1, 0.15) is 6.04 Å². The zero-order chi connectivity index (χ0) is 17.2. The van der Waals surface area contributed by atoms with Crippen LogP contribution in [-0.4, -0.2) is 34.3 Å². The normalized spacial score (nSPS) is 17.0. The molecule has 25 heavy (non-hydrogen) atoms. The molecule has 1 aliphatic rings. The van der Waals surface area contributed by atoms with E-state index in [0.717, 1.165) is 23.0 Å². The molecule has 3 aromatic rings. The first-order valence-electron chi connectivity index (χ1n) is 8.46. The molecule has 1 atom stereocenters. The highest BCUT2D eigenvalue weighted by Crippen LogP contribution is 2.23. The van der Waals surface area contributed by atoms with Crippen LogP contribution in [0.4, 0.5) is 5.69 Å². The monoisotopic (exact) mass is 333 g/mol. The zero-order valence-electron chi connectivity index (χ0n) is 13.7. The molecule has 2 amide bonds. The van der Waals surface area contributed by atoms with Crippen molar-refractivity contribution >= 4 is 28.4 Å². The van der Waals surface area contributed by atoms with Gasteiger partial charge in [0.15, 0.2) is 0 Å². The Morgan fingerprint density at radius 2 is 1.92 bits per heavy atom. The second kappa shape index (κ2) is 6.43. The average Bonchev–Trinajstić information content (AvgIpc) is 3.30. The van der Waals surface area contributed by atoms with Crippen molar-refractivity contribution in [3.05, 3.63) is 66.4 Å². The number of anilines is 1. The van der Waals surface area contributed by atoms with E-state index >= 15 is 0 Å². The lowest BCUT2D eigenvalue weighted by Crippen LogP contribution is -2.43. The number of hydrogen-bond acceptors (Lipinski definition) is 2. The van der Waals surface area contributed by atoms with E-state index in [2.05, 4.69) is 10.3 Å². The van der Waals surface area contributed by atoms with Crippen molar-refractivity contribution in [2.45, 2.75) is 18.9 Å². The Morgan fingerprint density at radius 1 is 1.08 bits per heavy atom. The van der Waals surface area contributed by atoms with Crippen LogP contribution >= 0.6 is 0 Å². The maximum Gasteiger partial charge on any atom is 0.254 e. The van der Waals surface area contributed by atoms with Crippen LogP contribution in [0.5, 0.6) is 0 Å². The summed E-state index contributed by atoms with van der Waals surface area (Å²) in [7, 11) is 0. The smallest absolute Gasteiger partial charge is 0.254 e. The third-order valence-corrected chi connectivity index (χ3v) is 4.66. The first kappa shape index (κ1) is 15.4. The number of hydrogen-bond donors (Lipinski definition) is 2. The van der Waals surface area contributed by atoms with Gasteiger partial charge >= 0.3 is 0 Å². The number of carbonyl (C=O) groups is 2. The molecule has 1 aromatic heterocycles. The second-order valence-electron chi connectivity index (χ2n) is 6.29. The van der Waals surface area contributed by atoms with Crippen LogP contribution in [0.15, 0.2) is 60.8 Å². The summed E-state index contributed by atoms with van der Waals surface area (Å²) >= 11 is 0. The third kappa shape index (κ3) is 3.01. The Kier molecular flexibility index (Phi) is 3.98. The van der Waals surface area contributed by atoms with Gasteiger partial charge in [0.25, 0.3) is 5.91 Å². The summed E-state index contributed by atoms with van der Waals surface area (Å²) in [6.45, 7) is 0.606. The first-order valence-corrected chi connectivity index (χ1v) is 8.46. The van der Waals surface area contributed by atoms with Gasteiger partial charge in [-0.25, -0.2) is 0 Å². The summed E-state index contributed by atoms with van der Waals surface area (Å²) < 4.78 is 0. The third-order valence-electron chi connectivity index (χ3n) is 4.66. The molecule has 2 aromatic carbocycles. The summed E-state index contributed by atoms with van der Waals surface area (Å²) in [5.41, 5.74) is 2.28. The van der Waals surface area contributed by atoms with Gasteiger partial charge in [-0.2, -0.15) is 0 Å². The molecule has 2 heterocycles. The molecular weight excluding hydrogens is 314 g/mol. The molecule has 2 N–H and O–H groups in total.